The van der Waals surface area contributed by atoms with Gasteiger partial charge in [0.25, 0.3) is 10.0 Å². The first-order valence-electron chi connectivity index (χ1n) is 10.00. The van der Waals surface area contributed by atoms with E-state index >= 15 is 0 Å². The molecule has 2 aromatic carbocycles. The summed E-state index contributed by atoms with van der Waals surface area (Å²) in [5.41, 5.74) is 0.170. The lowest BCUT2D eigenvalue weighted by molar-refractivity contribution is -0.120. The summed E-state index contributed by atoms with van der Waals surface area (Å²) in [7, 11) is -4.15. The van der Waals surface area contributed by atoms with E-state index in [1.807, 2.05) is 0 Å². The van der Waals surface area contributed by atoms with Gasteiger partial charge in [-0.25, -0.2) is 12.8 Å². The van der Waals surface area contributed by atoms with Crippen LogP contribution >= 0.6 is 0 Å². The first-order valence-corrected chi connectivity index (χ1v) is 11.4. The fraction of sp³-hybridized carbons (Fsp3) is 0.381. The number of carbonyl (C=O) groups is 1. The zero-order valence-corrected chi connectivity index (χ0v) is 17.6. The van der Waals surface area contributed by atoms with Gasteiger partial charge in [-0.1, -0.05) is 0 Å². The Balaban J connectivity index is 1.59. The number of anilines is 1. The van der Waals surface area contributed by atoms with Gasteiger partial charge in [-0.05, 0) is 49.2 Å². The van der Waals surface area contributed by atoms with Crippen LogP contribution in [0, 0.1) is 5.82 Å². The zero-order valence-electron chi connectivity index (χ0n) is 16.8. The number of halogens is 1. The highest BCUT2D eigenvalue weighted by Crippen LogP contribution is 2.34. The van der Waals surface area contributed by atoms with Crippen LogP contribution < -0.4 is 19.1 Å². The van der Waals surface area contributed by atoms with Crippen LogP contribution in [0.4, 0.5) is 10.1 Å². The Morgan fingerprint density at radius 2 is 1.81 bits per heavy atom. The predicted octanol–water partition coefficient (Wildman–Crippen LogP) is 2.09. The minimum absolute atomic E-state index is 0.0620. The summed E-state index contributed by atoms with van der Waals surface area (Å²) in [5.74, 6) is -0.230. The monoisotopic (exact) mass is 450 g/mol. The molecule has 10 heteroatoms. The Hall–Kier alpha value is -2.85. The van der Waals surface area contributed by atoms with E-state index in [-0.39, 0.29) is 16.7 Å². The third kappa shape index (κ3) is 4.91. The van der Waals surface area contributed by atoms with Crippen LogP contribution in [-0.2, 0) is 19.6 Å². The lowest BCUT2D eigenvalue weighted by Gasteiger charge is -2.25. The molecule has 1 saturated heterocycles. The van der Waals surface area contributed by atoms with Crippen molar-refractivity contribution in [3.8, 4) is 11.5 Å². The van der Waals surface area contributed by atoms with Crippen molar-refractivity contribution in [3.05, 3.63) is 48.3 Å². The molecule has 166 valence electrons. The molecule has 4 rings (SSSR count). The number of hydrogen-bond acceptors (Lipinski definition) is 6. The van der Waals surface area contributed by atoms with Crippen LogP contribution in [0.3, 0.4) is 0 Å². The van der Waals surface area contributed by atoms with Gasteiger partial charge in [0.1, 0.15) is 25.6 Å². The summed E-state index contributed by atoms with van der Waals surface area (Å²) in [6.07, 6.45) is 1.70. The highest BCUT2D eigenvalue weighted by molar-refractivity contribution is 7.92. The highest BCUT2D eigenvalue weighted by atomic mass is 32.2. The molecule has 0 spiro atoms. The molecule has 0 radical (unpaired) electrons. The molecule has 31 heavy (non-hydrogen) atoms. The SMILES string of the molecule is O=C(CN(c1ccc(F)cc1)S(=O)(=O)c1ccc2c(c1)OCCO2)NCC1CCCO1. The number of hydrogen-bond donors (Lipinski definition) is 1. The lowest BCUT2D eigenvalue weighted by Crippen LogP contribution is -2.42. The van der Waals surface area contributed by atoms with Gasteiger partial charge in [0.15, 0.2) is 11.5 Å². The van der Waals surface area contributed by atoms with Crippen LogP contribution in [0.2, 0.25) is 0 Å². The summed E-state index contributed by atoms with van der Waals surface area (Å²) in [4.78, 5) is 12.5. The van der Waals surface area contributed by atoms with Crippen LogP contribution in [0.25, 0.3) is 0 Å². The molecule has 2 aromatic rings. The largest absolute Gasteiger partial charge is 0.486 e. The quantitative estimate of drug-likeness (QED) is 0.694. The van der Waals surface area contributed by atoms with E-state index in [0.29, 0.717) is 37.9 Å². The number of nitrogens with zero attached hydrogens (tertiary/aromatic N) is 1. The molecule has 1 fully saturated rings. The summed E-state index contributed by atoms with van der Waals surface area (Å²) >= 11 is 0. The van der Waals surface area contributed by atoms with E-state index in [0.717, 1.165) is 29.3 Å². The maximum atomic E-state index is 13.4. The van der Waals surface area contributed by atoms with Crippen molar-refractivity contribution in [1.82, 2.24) is 5.32 Å². The second-order valence-electron chi connectivity index (χ2n) is 7.23. The molecular weight excluding hydrogens is 427 g/mol. The Morgan fingerprint density at radius 1 is 1.06 bits per heavy atom. The molecule has 1 N–H and O–H groups in total. The second kappa shape index (κ2) is 9.11. The molecular formula is C21H23FN2O6S. The normalized spacial score (nSPS) is 17.9. The van der Waals surface area contributed by atoms with Crippen molar-refractivity contribution in [1.29, 1.82) is 0 Å². The Labute approximate surface area is 179 Å². The number of rotatable bonds is 7. The minimum Gasteiger partial charge on any atom is -0.486 e. The van der Waals surface area contributed by atoms with Crippen molar-refractivity contribution in [3.63, 3.8) is 0 Å². The maximum Gasteiger partial charge on any atom is 0.264 e. The molecule has 0 aliphatic carbocycles. The standard InChI is InChI=1S/C21H23FN2O6S/c22-15-3-5-16(6-4-15)24(14-21(25)23-13-17-2-1-9-28-17)31(26,27)18-7-8-19-20(12-18)30-11-10-29-19/h3-8,12,17H,1-2,9-11,13-14H2,(H,23,25). The van der Waals surface area contributed by atoms with Gasteiger partial charge in [-0.2, -0.15) is 0 Å². The number of carbonyl (C=O) groups excluding carboxylic acids is 1. The van der Waals surface area contributed by atoms with E-state index in [9.17, 15) is 17.6 Å². The molecule has 2 aliphatic rings. The highest BCUT2D eigenvalue weighted by Gasteiger charge is 2.29. The van der Waals surface area contributed by atoms with Crippen molar-refractivity contribution in [2.24, 2.45) is 0 Å². The van der Waals surface area contributed by atoms with Gasteiger partial charge in [-0.3, -0.25) is 9.10 Å². The molecule has 0 saturated carbocycles. The van der Waals surface area contributed by atoms with Crippen LogP contribution in [0.15, 0.2) is 47.4 Å². The van der Waals surface area contributed by atoms with Crippen LogP contribution in [0.1, 0.15) is 12.8 Å². The second-order valence-corrected chi connectivity index (χ2v) is 9.09. The van der Waals surface area contributed by atoms with Gasteiger partial charge in [0, 0.05) is 19.2 Å². The molecule has 0 bridgehead atoms. The predicted molar refractivity (Wildman–Crippen MR) is 110 cm³/mol. The van der Waals surface area contributed by atoms with Gasteiger partial charge in [-0.15, -0.1) is 0 Å². The van der Waals surface area contributed by atoms with Crippen molar-refractivity contribution in [2.45, 2.75) is 23.8 Å². The topological polar surface area (TPSA) is 94.2 Å². The van der Waals surface area contributed by atoms with Crippen LogP contribution in [-0.4, -0.2) is 53.3 Å². The number of nitrogens with one attached hydrogen (secondary N) is 1. The Morgan fingerprint density at radius 3 is 2.52 bits per heavy atom. The number of benzene rings is 2. The molecule has 0 aromatic heterocycles. The van der Waals surface area contributed by atoms with E-state index in [2.05, 4.69) is 5.32 Å². The van der Waals surface area contributed by atoms with E-state index in [1.165, 1.54) is 30.3 Å². The summed E-state index contributed by atoms with van der Waals surface area (Å²) < 4.78 is 57.6. The van der Waals surface area contributed by atoms with E-state index in [1.54, 1.807) is 0 Å². The maximum absolute atomic E-state index is 13.4. The van der Waals surface area contributed by atoms with Gasteiger partial charge >= 0.3 is 0 Å². The van der Waals surface area contributed by atoms with Gasteiger partial charge < -0.3 is 19.5 Å². The number of sulfonamides is 1. The van der Waals surface area contributed by atoms with Crippen molar-refractivity contribution < 1.29 is 31.8 Å². The van der Waals surface area contributed by atoms with Crippen molar-refractivity contribution >= 4 is 21.6 Å². The number of amides is 1. The Bertz CT molecular complexity index is 1040. The molecule has 1 unspecified atom stereocenters. The lowest BCUT2D eigenvalue weighted by atomic mass is 10.2. The average molecular weight is 450 g/mol. The zero-order chi connectivity index (χ0) is 21.8. The van der Waals surface area contributed by atoms with Crippen LogP contribution in [0.5, 0.6) is 11.5 Å². The minimum atomic E-state index is -4.15. The summed E-state index contributed by atoms with van der Waals surface area (Å²) in [6.45, 7) is 1.19. The van der Waals surface area contributed by atoms with Crippen molar-refractivity contribution in [2.75, 3.05) is 37.2 Å². The number of fused-ring (bicyclic) bond motifs is 1. The molecule has 1 atom stereocenters. The smallest absolute Gasteiger partial charge is 0.264 e. The first-order chi connectivity index (χ1) is 14.9. The third-order valence-electron chi connectivity index (χ3n) is 5.05. The average Bonchev–Trinajstić information content (AvgIpc) is 3.30. The Kier molecular flexibility index (Phi) is 6.28. The summed E-state index contributed by atoms with van der Waals surface area (Å²) in [6, 6.07) is 9.20. The molecule has 8 nitrogen and oxygen atoms in total. The first kappa shape index (κ1) is 21.4. The fourth-order valence-corrected chi connectivity index (χ4v) is 4.89. The fourth-order valence-electron chi connectivity index (χ4n) is 3.45. The van der Waals surface area contributed by atoms with Gasteiger partial charge in [0.05, 0.1) is 16.7 Å². The molecule has 1 amide bonds. The summed E-state index contributed by atoms with van der Waals surface area (Å²) in [5, 5.41) is 2.72. The third-order valence-corrected chi connectivity index (χ3v) is 6.82. The molecule has 2 aliphatic heterocycles. The molecule has 2 heterocycles. The van der Waals surface area contributed by atoms with Gasteiger partial charge in [0.2, 0.25) is 5.91 Å². The van der Waals surface area contributed by atoms with E-state index < -0.39 is 28.3 Å². The van der Waals surface area contributed by atoms with E-state index in [4.69, 9.17) is 14.2 Å². The number of ether oxygens (including phenoxy) is 3.